The molecule has 1 fully saturated rings. The van der Waals surface area contributed by atoms with E-state index in [1.807, 2.05) is 0 Å². The molecule has 4 rings (SSSR count). The van der Waals surface area contributed by atoms with E-state index in [0.29, 0.717) is 29.4 Å². The van der Waals surface area contributed by atoms with Gasteiger partial charge in [-0.15, -0.1) is 0 Å². The molecule has 0 radical (unpaired) electrons. The third-order valence-corrected chi connectivity index (χ3v) is 5.41. The van der Waals surface area contributed by atoms with E-state index < -0.39 is 5.82 Å². The number of hydrogen-bond acceptors (Lipinski definition) is 7. The minimum Gasteiger partial charge on any atom is -0.350 e. The second-order valence-electron chi connectivity index (χ2n) is 7.32. The predicted molar refractivity (Wildman–Crippen MR) is 109 cm³/mol. The summed E-state index contributed by atoms with van der Waals surface area (Å²) >= 11 is 11.9. The van der Waals surface area contributed by atoms with Crippen LogP contribution in [0.3, 0.4) is 0 Å². The summed E-state index contributed by atoms with van der Waals surface area (Å²) in [5.74, 6) is 0.711. The van der Waals surface area contributed by atoms with Crippen LogP contribution in [0.15, 0.2) is 23.2 Å². The summed E-state index contributed by atoms with van der Waals surface area (Å²) < 4.78 is 13.4. The molecule has 2 aliphatic rings. The van der Waals surface area contributed by atoms with Crippen molar-refractivity contribution in [3.63, 3.8) is 0 Å². The number of hydrogen-bond donors (Lipinski definition) is 3. The van der Waals surface area contributed by atoms with Gasteiger partial charge in [0, 0.05) is 24.3 Å². The molecule has 1 aromatic carbocycles. The van der Waals surface area contributed by atoms with Crippen molar-refractivity contribution in [3.8, 4) is 0 Å². The van der Waals surface area contributed by atoms with Crippen LogP contribution in [-0.2, 0) is 6.54 Å². The summed E-state index contributed by atoms with van der Waals surface area (Å²) in [6.45, 7) is 4.19. The Bertz CT molecular complexity index is 938. The van der Waals surface area contributed by atoms with E-state index in [9.17, 15) is 4.39 Å². The highest BCUT2D eigenvalue weighted by Crippen LogP contribution is 2.34. The van der Waals surface area contributed by atoms with Crippen LogP contribution in [0.1, 0.15) is 25.5 Å². The minimum absolute atomic E-state index is 0.0167. The maximum absolute atomic E-state index is 13.4. The Labute approximate surface area is 172 Å². The molecule has 10 heteroatoms. The fourth-order valence-electron chi connectivity index (χ4n) is 3.23. The lowest BCUT2D eigenvalue weighted by atomic mass is 9.91. The van der Waals surface area contributed by atoms with Crippen LogP contribution in [0.4, 0.5) is 21.6 Å². The lowest BCUT2D eigenvalue weighted by Gasteiger charge is -2.39. The van der Waals surface area contributed by atoms with Crippen molar-refractivity contribution < 1.29 is 4.39 Å². The second kappa shape index (κ2) is 7.35. The van der Waals surface area contributed by atoms with Crippen LogP contribution in [0, 0.1) is 5.82 Å². The summed E-state index contributed by atoms with van der Waals surface area (Å²) in [5, 5.41) is 6.53. The number of nitrogens with zero attached hydrogens (tertiary/aromatic N) is 4. The normalized spacial score (nSPS) is 18.2. The average molecular weight is 424 g/mol. The largest absolute Gasteiger partial charge is 0.350 e. The number of benzene rings is 1. The molecule has 7 nitrogen and oxygen atoms in total. The third kappa shape index (κ3) is 3.99. The lowest BCUT2D eigenvalue weighted by molar-refractivity contribution is 0.239. The van der Waals surface area contributed by atoms with E-state index in [2.05, 4.69) is 32.4 Å². The molecular formula is C18H20Cl2FN7. The first-order chi connectivity index (χ1) is 13.3. The fraction of sp³-hybridized carbons (Fsp3) is 0.389. The number of aliphatic imine (C=N–C) groups is 1. The number of likely N-dealkylation sites (tertiary alicyclic amines) is 1. The zero-order chi connectivity index (χ0) is 19.9. The summed E-state index contributed by atoms with van der Waals surface area (Å²) in [4.78, 5) is 15.4. The van der Waals surface area contributed by atoms with Crippen LogP contribution >= 0.6 is 23.2 Å². The molecule has 148 valence electrons. The molecule has 2 aromatic rings. The molecule has 4 N–H and O–H groups in total. The Morgan fingerprint density at radius 3 is 2.71 bits per heavy atom. The van der Waals surface area contributed by atoms with E-state index in [-0.39, 0.29) is 15.8 Å². The second-order valence-corrected chi connectivity index (χ2v) is 8.07. The number of rotatable bonds is 2. The molecule has 0 spiro atoms. The Morgan fingerprint density at radius 2 is 2.00 bits per heavy atom. The monoisotopic (exact) mass is 423 g/mol. The molecule has 0 amide bonds. The van der Waals surface area contributed by atoms with Gasteiger partial charge in [0.1, 0.15) is 11.5 Å². The van der Waals surface area contributed by atoms with E-state index in [1.165, 1.54) is 12.1 Å². The topological polar surface area (TPSA) is 91.5 Å². The Morgan fingerprint density at radius 1 is 1.25 bits per heavy atom. The van der Waals surface area contributed by atoms with Crippen LogP contribution in [0.25, 0.3) is 0 Å². The Balaban J connectivity index is 1.64. The van der Waals surface area contributed by atoms with Crippen LogP contribution < -0.4 is 16.4 Å². The summed E-state index contributed by atoms with van der Waals surface area (Å²) in [6, 6.07) is 4.34. The number of fused-ring (bicyclic) bond motifs is 1. The quantitative estimate of drug-likeness (QED) is 0.639. The number of halogens is 3. The van der Waals surface area contributed by atoms with Crippen molar-refractivity contribution in [3.05, 3.63) is 40.0 Å². The maximum atomic E-state index is 13.4. The first kappa shape index (κ1) is 19.2. The highest BCUT2D eigenvalue weighted by atomic mass is 35.5. The predicted octanol–water partition coefficient (Wildman–Crippen LogP) is 3.57. The number of nitrogens with one attached hydrogen (secondary N) is 2. The minimum atomic E-state index is -0.489. The standard InChI is InChI=1S/C18H20Cl2FN7/c1-18(22)4-6-28(7-5-18)17-23-9-13-14(26-17)15(27-16(20)25-13)24-10-2-3-12(21)11(19)8-10/h2-3,8H,4-7,9,22H2,1H3,(H,23,26)(H,24,25,27). The average Bonchev–Trinajstić information content (AvgIpc) is 2.64. The van der Waals surface area contributed by atoms with Gasteiger partial charge in [-0.05, 0) is 49.6 Å². The molecule has 0 atom stereocenters. The molecule has 2 aliphatic heterocycles. The van der Waals surface area contributed by atoms with E-state index in [4.69, 9.17) is 33.9 Å². The molecule has 3 heterocycles. The zero-order valence-corrected chi connectivity index (χ0v) is 16.8. The zero-order valence-electron chi connectivity index (χ0n) is 15.3. The van der Waals surface area contributed by atoms with Crippen molar-refractivity contribution in [2.75, 3.05) is 18.4 Å². The molecule has 0 aliphatic carbocycles. The van der Waals surface area contributed by atoms with Gasteiger partial charge in [-0.1, -0.05) is 11.6 Å². The van der Waals surface area contributed by atoms with E-state index in [1.54, 1.807) is 6.07 Å². The highest BCUT2D eigenvalue weighted by molar-refractivity contribution is 6.31. The van der Waals surface area contributed by atoms with E-state index >= 15 is 0 Å². The van der Waals surface area contributed by atoms with Gasteiger partial charge in [-0.2, -0.15) is 4.98 Å². The number of piperidine rings is 1. The van der Waals surface area contributed by atoms with Crippen molar-refractivity contribution in [1.29, 1.82) is 0 Å². The number of anilines is 2. The summed E-state index contributed by atoms with van der Waals surface area (Å²) in [5.41, 5.74) is 7.94. The Kier molecular flexibility index (Phi) is 5.03. The van der Waals surface area contributed by atoms with Crippen molar-refractivity contribution in [2.24, 2.45) is 10.7 Å². The number of nitrogens with two attached hydrogens (primary N) is 1. The summed E-state index contributed by atoms with van der Waals surface area (Å²) in [7, 11) is 0. The molecule has 0 bridgehead atoms. The number of guanidine groups is 1. The lowest BCUT2D eigenvalue weighted by Crippen LogP contribution is -2.53. The van der Waals surface area contributed by atoms with Crippen LogP contribution in [0.2, 0.25) is 10.3 Å². The van der Waals surface area contributed by atoms with Gasteiger partial charge < -0.3 is 21.3 Å². The maximum Gasteiger partial charge on any atom is 0.224 e. The van der Waals surface area contributed by atoms with Crippen molar-refractivity contribution in [1.82, 2.24) is 20.2 Å². The third-order valence-electron chi connectivity index (χ3n) is 4.95. The van der Waals surface area contributed by atoms with Gasteiger partial charge in [0.05, 0.1) is 17.3 Å². The van der Waals surface area contributed by atoms with Crippen LogP contribution in [0.5, 0.6) is 0 Å². The smallest absolute Gasteiger partial charge is 0.224 e. The Hall–Kier alpha value is -2.16. The SMILES string of the molecule is CC1(N)CCN(C2=Nc3c(nc(Cl)nc3Nc3ccc(F)c(Cl)c3)CN2)CC1. The van der Waals surface area contributed by atoms with Crippen LogP contribution in [-0.4, -0.2) is 39.5 Å². The van der Waals surface area contributed by atoms with E-state index in [0.717, 1.165) is 31.9 Å². The molecule has 0 saturated carbocycles. The van der Waals surface area contributed by atoms with Gasteiger partial charge >= 0.3 is 0 Å². The molecule has 28 heavy (non-hydrogen) atoms. The van der Waals surface area contributed by atoms with Crippen molar-refractivity contribution >= 4 is 46.4 Å². The van der Waals surface area contributed by atoms with Crippen molar-refractivity contribution in [2.45, 2.75) is 31.8 Å². The van der Waals surface area contributed by atoms with Gasteiger partial charge in [0.25, 0.3) is 0 Å². The van der Waals surface area contributed by atoms with Gasteiger partial charge in [-0.3, -0.25) is 0 Å². The molecular weight excluding hydrogens is 404 g/mol. The van der Waals surface area contributed by atoms with Gasteiger partial charge in [0.2, 0.25) is 5.28 Å². The molecule has 1 aromatic heterocycles. The number of aromatic nitrogens is 2. The van der Waals surface area contributed by atoms with Gasteiger partial charge in [0.15, 0.2) is 11.8 Å². The fourth-order valence-corrected chi connectivity index (χ4v) is 3.60. The van der Waals surface area contributed by atoms with Gasteiger partial charge in [-0.25, -0.2) is 14.4 Å². The molecule has 1 saturated heterocycles. The highest BCUT2D eigenvalue weighted by Gasteiger charge is 2.29. The summed E-state index contributed by atoms with van der Waals surface area (Å²) in [6.07, 6.45) is 1.77. The molecule has 0 unspecified atom stereocenters. The first-order valence-electron chi connectivity index (χ1n) is 8.96. The first-order valence-corrected chi connectivity index (χ1v) is 9.71.